The summed E-state index contributed by atoms with van der Waals surface area (Å²) < 4.78 is 32.8. The Labute approximate surface area is 217 Å². The lowest BCUT2D eigenvalue weighted by molar-refractivity contribution is 0.0934. The molecular formula is C24H23ClN4O7S. The summed E-state index contributed by atoms with van der Waals surface area (Å²) in [5.74, 6) is -1.38. The van der Waals surface area contributed by atoms with Gasteiger partial charge in [0.15, 0.2) is 0 Å². The minimum atomic E-state index is -4.39. The highest BCUT2D eigenvalue weighted by Crippen LogP contribution is 2.23. The number of hydrogen-bond donors (Lipinski definition) is 4. The molecule has 0 saturated heterocycles. The maximum atomic E-state index is 12.7. The number of benzene rings is 2. The number of aromatic nitrogens is 1. The second-order valence-corrected chi connectivity index (χ2v) is 9.47. The topological polar surface area (TPSA) is 164 Å². The maximum absolute atomic E-state index is 12.7. The van der Waals surface area contributed by atoms with Gasteiger partial charge in [-0.1, -0.05) is 29.8 Å². The summed E-state index contributed by atoms with van der Waals surface area (Å²) >= 11 is 6.12. The number of para-hydroxylation sites is 1. The van der Waals surface area contributed by atoms with E-state index >= 15 is 0 Å². The van der Waals surface area contributed by atoms with Crippen molar-refractivity contribution in [3.05, 3.63) is 88.7 Å². The van der Waals surface area contributed by atoms with Gasteiger partial charge in [-0.2, -0.15) is 0 Å². The molecule has 3 aromatic rings. The number of carbonyl (C=O) groups is 3. The molecule has 3 rings (SSSR count). The van der Waals surface area contributed by atoms with Gasteiger partial charge in [-0.05, 0) is 42.5 Å². The molecule has 0 aliphatic heterocycles. The van der Waals surface area contributed by atoms with E-state index in [4.69, 9.17) is 21.4 Å². The van der Waals surface area contributed by atoms with E-state index in [1.807, 2.05) is 22.9 Å². The lowest BCUT2D eigenvalue weighted by atomic mass is 10.2. The summed E-state index contributed by atoms with van der Waals surface area (Å²) in [6.07, 6.45) is 1.04. The molecule has 37 heavy (non-hydrogen) atoms. The van der Waals surface area contributed by atoms with Crippen LogP contribution >= 0.6 is 11.6 Å². The number of nitrogens with one attached hydrogen (secondary N) is 3. The van der Waals surface area contributed by atoms with E-state index in [2.05, 4.69) is 15.6 Å². The van der Waals surface area contributed by atoms with Gasteiger partial charge >= 0.3 is 0 Å². The second kappa shape index (κ2) is 12.8. The molecule has 0 fully saturated rings. The number of aliphatic hydroxyl groups is 1. The summed E-state index contributed by atoms with van der Waals surface area (Å²) in [6.45, 7) is 0.218. The van der Waals surface area contributed by atoms with Crippen molar-refractivity contribution in [1.29, 1.82) is 0 Å². The Hall–Kier alpha value is -4.00. The highest BCUT2D eigenvalue weighted by molar-refractivity contribution is 7.90. The number of hydrogen-bond acceptors (Lipinski definition) is 8. The lowest BCUT2D eigenvalue weighted by Crippen LogP contribution is -2.31. The zero-order valence-electron chi connectivity index (χ0n) is 19.3. The molecule has 0 aliphatic carbocycles. The van der Waals surface area contributed by atoms with Crippen LogP contribution in [0.5, 0.6) is 5.75 Å². The normalized spacial score (nSPS) is 10.9. The third kappa shape index (κ3) is 7.74. The number of ether oxygens (including phenoxy) is 1. The molecule has 0 bridgehead atoms. The molecule has 3 amide bonds. The number of aliphatic hydroxyl groups excluding tert-OH is 1. The largest absolute Gasteiger partial charge is 0.492 e. The first-order chi connectivity index (χ1) is 17.7. The van der Waals surface area contributed by atoms with Crippen LogP contribution in [-0.2, 0) is 10.0 Å². The molecule has 4 N–H and O–H groups in total. The van der Waals surface area contributed by atoms with Crippen LogP contribution in [0.15, 0.2) is 71.8 Å². The van der Waals surface area contributed by atoms with Crippen molar-refractivity contribution in [3.8, 4) is 5.75 Å². The Morgan fingerprint density at radius 1 is 0.892 bits per heavy atom. The fourth-order valence-corrected chi connectivity index (χ4v) is 4.49. The predicted molar refractivity (Wildman–Crippen MR) is 134 cm³/mol. The molecule has 194 valence electrons. The Balaban J connectivity index is 1.59. The van der Waals surface area contributed by atoms with Crippen LogP contribution in [0.4, 0.5) is 0 Å². The van der Waals surface area contributed by atoms with Crippen molar-refractivity contribution in [1.82, 2.24) is 20.3 Å². The summed E-state index contributed by atoms with van der Waals surface area (Å²) in [4.78, 5) is 40.0. The first-order valence-electron chi connectivity index (χ1n) is 10.9. The Kier molecular flexibility index (Phi) is 9.55. The number of nitrogens with zero attached hydrogens (tertiary/aromatic N) is 1. The zero-order chi connectivity index (χ0) is 26.8. The molecular weight excluding hydrogens is 524 g/mol. The fraction of sp³-hybridized carbons (Fsp3) is 0.167. The van der Waals surface area contributed by atoms with E-state index in [1.54, 1.807) is 12.1 Å². The molecule has 2 aromatic carbocycles. The van der Waals surface area contributed by atoms with E-state index in [0.29, 0.717) is 5.75 Å². The highest BCUT2D eigenvalue weighted by atomic mass is 35.5. The number of pyridine rings is 1. The zero-order valence-corrected chi connectivity index (χ0v) is 20.9. The van der Waals surface area contributed by atoms with Crippen molar-refractivity contribution in [2.45, 2.75) is 4.90 Å². The lowest BCUT2D eigenvalue weighted by Gasteiger charge is -2.11. The SMILES string of the molecule is O=C(NCCOc1ccccc1)c1ccc(S(=O)(=O)NC(=O)c2ccc(C(=O)NCCO)nc2)c(Cl)c1. The monoisotopic (exact) mass is 546 g/mol. The molecule has 1 aromatic heterocycles. The van der Waals surface area contributed by atoms with Crippen LogP contribution < -0.4 is 20.1 Å². The number of halogens is 1. The smallest absolute Gasteiger partial charge is 0.269 e. The van der Waals surface area contributed by atoms with Crippen LogP contribution in [0.3, 0.4) is 0 Å². The van der Waals surface area contributed by atoms with Gasteiger partial charge in [0.1, 0.15) is 22.9 Å². The molecule has 0 unspecified atom stereocenters. The fourth-order valence-electron chi connectivity index (χ4n) is 2.97. The number of amides is 3. The number of rotatable bonds is 11. The summed E-state index contributed by atoms with van der Waals surface area (Å²) in [6, 6.07) is 15.1. The van der Waals surface area contributed by atoms with Gasteiger partial charge in [0.25, 0.3) is 27.7 Å². The third-order valence-corrected chi connectivity index (χ3v) is 6.58. The van der Waals surface area contributed by atoms with Crippen LogP contribution in [0.25, 0.3) is 0 Å². The van der Waals surface area contributed by atoms with Gasteiger partial charge in [-0.15, -0.1) is 0 Å². The Morgan fingerprint density at radius 3 is 2.24 bits per heavy atom. The van der Waals surface area contributed by atoms with Gasteiger partial charge in [0.05, 0.1) is 23.7 Å². The van der Waals surface area contributed by atoms with Gasteiger partial charge < -0.3 is 20.5 Å². The minimum absolute atomic E-state index is 0.0172. The first-order valence-corrected chi connectivity index (χ1v) is 12.8. The van der Waals surface area contributed by atoms with Crippen LogP contribution in [0, 0.1) is 0 Å². The van der Waals surface area contributed by atoms with Crippen molar-refractivity contribution in [2.24, 2.45) is 0 Å². The van der Waals surface area contributed by atoms with Crippen LogP contribution in [0.1, 0.15) is 31.2 Å². The number of carbonyl (C=O) groups excluding carboxylic acids is 3. The van der Waals surface area contributed by atoms with Gasteiger partial charge in [-0.25, -0.2) is 13.1 Å². The molecule has 13 heteroatoms. The first kappa shape index (κ1) is 27.6. The van der Waals surface area contributed by atoms with Crippen molar-refractivity contribution < 1.29 is 32.6 Å². The van der Waals surface area contributed by atoms with Crippen molar-refractivity contribution in [2.75, 3.05) is 26.3 Å². The van der Waals surface area contributed by atoms with Gasteiger partial charge in [0.2, 0.25) is 0 Å². The quantitative estimate of drug-likeness (QED) is 0.262. The molecule has 11 nitrogen and oxygen atoms in total. The summed E-state index contributed by atoms with van der Waals surface area (Å²) in [7, 11) is -4.39. The van der Waals surface area contributed by atoms with Crippen molar-refractivity contribution in [3.63, 3.8) is 0 Å². The van der Waals surface area contributed by atoms with E-state index in [1.165, 1.54) is 24.3 Å². The molecule has 1 heterocycles. The average Bonchev–Trinajstić information content (AvgIpc) is 2.89. The molecule has 0 saturated carbocycles. The van der Waals surface area contributed by atoms with Gasteiger partial charge in [0, 0.05) is 18.3 Å². The second-order valence-electron chi connectivity index (χ2n) is 7.41. The molecule has 0 atom stereocenters. The molecule has 0 radical (unpaired) electrons. The summed E-state index contributed by atoms with van der Waals surface area (Å²) in [5.41, 5.74) is -0.0160. The minimum Gasteiger partial charge on any atom is -0.492 e. The predicted octanol–water partition coefficient (Wildman–Crippen LogP) is 1.38. The highest BCUT2D eigenvalue weighted by Gasteiger charge is 2.23. The Morgan fingerprint density at radius 2 is 1.59 bits per heavy atom. The van der Waals surface area contributed by atoms with E-state index < -0.39 is 32.6 Å². The number of sulfonamides is 1. The van der Waals surface area contributed by atoms with E-state index in [-0.39, 0.29) is 48.1 Å². The maximum Gasteiger partial charge on any atom is 0.269 e. The average molecular weight is 547 g/mol. The standard InChI is InChI=1S/C24H23ClN4O7S/c25-19-14-16(22(31)27-11-13-36-18-4-2-1-3-5-18)7-9-21(19)37(34,35)29-23(32)17-6-8-20(28-15-17)24(33)26-10-12-30/h1-9,14-15,30H,10-13H2,(H,26,33)(H,27,31)(H,29,32). The van der Waals surface area contributed by atoms with E-state index in [9.17, 15) is 22.8 Å². The third-order valence-electron chi connectivity index (χ3n) is 4.77. The van der Waals surface area contributed by atoms with Gasteiger partial charge in [-0.3, -0.25) is 19.4 Å². The van der Waals surface area contributed by atoms with Crippen LogP contribution in [0.2, 0.25) is 5.02 Å². The Bertz CT molecular complexity index is 1370. The van der Waals surface area contributed by atoms with Crippen LogP contribution in [-0.4, -0.2) is 62.5 Å². The molecule has 0 aliphatic rings. The summed E-state index contributed by atoms with van der Waals surface area (Å²) in [5, 5.41) is 13.5. The molecule has 0 spiro atoms. The van der Waals surface area contributed by atoms with Crippen molar-refractivity contribution >= 4 is 39.3 Å². The van der Waals surface area contributed by atoms with E-state index in [0.717, 1.165) is 12.3 Å².